The molecule has 0 radical (unpaired) electrons. The highest BCUT2D eigenvalue weighted by atomic mass is 35.5. The Morgan fingerprint density at radius 1 is 1.00 bits per heavy atom. The number of amides is 2. The van der Waals surface area contributed by atoms with E-state index in [9.17, 15) is 9.59 Å². The minimum Gasteiger partial charge on any atom is -0.379 e. The van der Waals surface area contributed by atoms with Crippen molar-refractivity contribution in [2.75, 3.05) is 13.2 Å². The second-order valence-corrected chi connectivity index (χ2v) is 8.44. The zero-order valence-corrected chi connectivity index (χ0v) is 18.1. The van der Waals surface area contributed by atoms with Crippen LogP contribution in [0.25, 0.3) is 5.57 Å². The number of imide groups is 1. The average molecular weight is 430 g/mol. The molecule has 0 saturated heterocycles. The van der Waals surface area contributed by atoms with Gasteiger partial charge >= 0.3 is 0 Å². The number of carbonyl (C=O) groups excluding carboxylic acids is 2. The summed E-state index contributed by atoms with van der Waals surface area (Å²) in [5.41, 5.74) is 2.27. The molecule has 2 aromatic carbocycles. The van der Waals surface area contributed by atoms with E-state index in [0.29, 0.717) is 46.4 Å². The van der Waals surface area contributed by atoms with E-state index in [1.54, 1.807) is 24.3 Å². The number of ether oxygens (including phenoxy) is 1. The lowest BCUT2D eigenvalue weighted by molar-refractivity contribution is -0.136. The van der Waals surface area contributed by atoms with Crippen molar-refractivity contribution < 1.29 is 14.3 Å². The summed E-state index contributed by atoms with van der Waals surface area (Å²) in [6, 6.07) is 17.0. The molecule has 0 fully saturated rings. The van der Waals surface area contributed by atoms with Crippen molar-refractivity contribution in [3.05, 3.63) is 75.7 Å². The fourth-order valence-electron chi connectivity index (χ4n) is 3.03. The number of hydrogen-bond donors (Lipinski definition) is 0. The molecule has 2 aromatic rings. The number of halogens is 1. The van der Waals surface area contributed by atoms with Crippen LogP contribution >= 0.6 is 23.4 Å². The standard InChI is InChI=1S/C23H24ClNO3S/c1-16(2)28-14-6-13-25-22(26)20(18-9-11-19(24)12-10-18)21(23(25)27)29-15-17-7-4-3-5-8-17/h3-5,7-12,16H,6,13-15H2,1-2H3. The maximum atomic E-state index is 13.1. The predicted octanol–water partition coefficient (Wildman–Crippen LogP) is 5.17. The lowest BCUT2D eigenvalue weighted by atomic mass is 10.1. The fourth-order valence-corrected chi connectivity index (χ4v) is 4.25. The van der Waals surface area contributed by atoms with E-state index in [-0.39, 0.29) is 17.9 Å². The van der Waals surface area contributed by atoms with Crippen LogP contribution in [0.3, 0.4) is 0 Å². The molecule has 0 saturated carbocycles. The van der Waals surface area contributed by atoms with Gasteiger partial charge in [0.1, 0.15) is 0 Å². The Morgan fingerprint density at radius 3 is 2.34 bits per heavy atom. The van der Waals surface area contributed by atoms with E-state index in [4.69, 9.17) is 16.3 Å². The monoisotopic (exact) mass is 429 g/mol. The van der Waals surface area contributed by atoms with E-state index < -0.39 is 0 Å². The van der Waals surface area contributed by atoms with Crippen LogP contribution in [0.4, 0.5) is 0 Å². The first kappa shape index (κ1) is 21.6. The van der Waals surface area contributed by atoms with Crippen molar-refractivity contribution in [2.45, 2.75) is 32.1 Å². The highest BCUT2D eigenvalue weighted by Crippen LogP contribution is 2.37. The van der Waals surface area contributed by atoms with Crippen LogP contribution in [0.15, 0.2) is 59.5 Å². The third-order valence-corrected chi connectivity index (χ3v) is 5.86. The SMILES string of the molecule is CC(C)OCCCN1C(=O)C(SCc2ccccc2)=C(c2ccc(Cl)cc2)C1=O. The van der Waals surface area contributed by atoms with Crippen molar-refractivity contribution in [1.82, 2.24) is 4.90 Å². The lowest BCUT2D eigenvalue weighted by Crippen LogP contribution is -2.33. The van der Waals surface area contributed by atoms with Gasteiger partial charge in [-0.2, -0.15) is 0 Å². The van der Waals surface area contributed by atoms with Gasteiger partial charge in [-0.15, -0.1) is 11.8 Å². The summed E-state index contributed by atoms with van der Waals surface area (Å²) in [6.07, 6.45) is 0.736. The summed E-state index contributed by atoms with van der Waals surface area (Å²) in [7, 11) is 0. The molecule has 0 atom stereocenters. The van der Waals surface area contributed by atoms with Crippen LogP contribution in [-0.4, -0.2) is 36.0 Å². The van der Waals surface area contributed by atoms with Crippen LogP contribution in [0.1, 0.15) is 31.4 Å². The molecule has 4 nitrogen and oxygen atoms in total. The summed E-state index contributed by atoms with van der Waals surface area (Å²) < 4.78 is 5.55. The van der Waals surface area contributed by atoms with E-state index in [0.717, 1.165) is 5.56 Å². The molecule has 0 bridgehead atoms. The molecule has 1 aliphatic rings. The van der Waals surface area contributed by atoms with E-state index in [1.165, 1.54) is 16.7 Å². The molecule has 3 rings (SSSR count). The van der Waals surface area contributed by atoms with Gasteiger partial charge in [-0.3, -0.25) is 14.5 Å². The molecular formula is C23H24ClNO3S. The van der Waals surface area contributed by atoms with Crippen molar-refractivity contribution in [1.29, 1.82) is 0 Å². The van der Waals surface area contributed by atoms with Crippen LogP contribution in [0, 0.1) is 0 Å². The van der Waals surface area contributed by atoms with E-state index in [1.807, 2.05) is 44.2 Å². The summed E-state index contributed by atoms with van der Waals surface area (Å²) in [6.45, 7) is 4.78. The second-order valence-electron chi connectivity index (χ2n) is 7.02. The van der Waals surface area contributed by atoms with Crippen molar-refractivity contribution in [3.63, 3.8) is 0 Å². The molecule has 0 spiro atoms. The Balaban J connectivity index is 1.82. The maximum absolute atomic E-state index is 13.1. The molecule has 0 N–H and O–H groups in total. The largest absolute Gasteiger partial charge is 0.379 e. The van der Waals surface area contributed by atoms with Crippen LogP contribution in [0.2, 0.25) is 5.02 Å². The summed E-state index contributed by atoms with van der Waals surface area (Å²) >= 11 is 7.41. The van der Waals surface area contributed by atoms with E-state index >= 15 is 0 Å². The summed E-state index contributed by atoms with van der Waals surface area (Å²) in [4.78, 5) is 28.0. The molecule has 1 heterocycles. The van der Waals surface area contributed by atoms with E-state index in [2.05, 4.69) is 0 Å². The molecule has 152 valence electrons. The second kappa shape index (κ2) is 10.1. The minimum absolute atomic E-state index is 0.125. The first-order chi connectivity index (χ1) is 14.0. The topological polar surface area (TPSA) is 46.6 Å². The molecular weight excluding hydrogens is 406 g/mol. The van der Waals surface area contributed by atoms with Gasteiger partial charge in [0.25, 0.3) is 11.8 Å². The third kappa shape index (κ3) is 5.50. The first-order valence-corrected chi connectivity index (χ1v) is 11.0. The quantitative estimate of drug-likeness (QED) is 0.407. The summed E-state index contributed by atoms with van der Waals surface area (Å²) in [5.74, 6) is 0.138. The Hall–Kier alpha value is -2.08. The number of rotatable bonds is 9. The number of benzene rings is 2. The van der Waals surface area contributed by atoms with Gasteiger partial charge < -0.3 is 4.74 Å². The number of nitrogens with zero attached hydrogens (tertiary/aromatic N) is 1. The highest BCUT2D eigenvalue weighted by Gasteiger charge is 2.38. The number of hydrogen-bond acceptors (Lipinski definition) is 4. The molecule has 1 aliphatic heterocycles. The molecule has 0 aromatic heterocycles. The van der Waals surface area contributed by atoms with Crippen molar-refractivity contribution in [2.24, 2.45) is 0 Å². The third-order valence-electron chi connectivity index (χ3n) is 4.46. The smallest absolute Gasteiger partial charge is 0.267 e. The molecule has 29 heavy (non-hydrogen) atoms. The normalized spacial score (nSPS) is 14.4. The molecule has 2 amide bonds. The fraction of sp³-hybridized carbons (Fsp3) is 0.304. The van der Waals surface area contributed by atoms with Gasteiger partial charge in [0.05, 0.1) is 16.6 Å². The van der Waals surface area contributed by atoms with Crippen molar-refractivity contribution in [3.8, 4) is 0 Å². The Labute approximate surface area is 180 Å². The van der Waals surface area contributed by atoms with Gasteiger partial charge in [0.2, 0.25) is 0 Å². The minimum atomic E-state index is -0.252. The van der Waals surface area contributed by atoms with Crippen LogP contribution < -0.4 is 0 Å². The molecule has 0 unspecified atom stereocenters. The first-order valence-electron chi connectivity index (χ1n) is 9.62. The van der Waals surface area contributed by atoms with Crippen LogP contribution in [-0.2, 0) is 20.1 Å². The molecule has 0 aliphatic carbocycles. The average Bonchev–Trinajstić information content (AvgIpc) is 2.94. The van der Waals surface area contributed by atoms with Gasteiger partial charge in [0, 0.05) is 23.9 Å². The maximum Gasteiger partial charge on any atom is 0.267 e. The highest BCUT2D eigenvalue weighted by molar-refractivity contribution is 8.03. The summed E-state index contributed by atoms with van der Waals surface area (Å²) in [5, 5.41) is 0.590. The van der Waals surface area contributed by atoms with Gasteiger partial charge in [-0.05, 0) is 43.5 Å². The van der Waals surface area contributed by atoms with Gasteiger partial charge in [0.15, 0.2) is 0 Å². The number of carbonyl (C=O) groups is 2. The zero-order valence-electron chi connectivity index (χ0n) is 16.6. The van der Waals surface area contributed by atoms with Gasteiger partial charge in [-0.25, -0.2) is 0 Å². The Kier molecular flexibility index (Phi) is 7.53. The molecule has 6 heteroatoms. The van der Waals surface area contributed by atoms with Crippen molar-refractivity contribution >= 4 is 40.8 Å². The lowest BCUT2D eigenvalue weighted by Gasteiger charge is -2.15. The zero-order chi connectivity index (χ0) is 20.8. The van der Waals surface area contributed by atoms with Gasteiger partial charge in [-0.1, -0.05) is 54.1 Å². The Morgan fingerprint density at radius 2 is 1.69 bits per heavy atom. The van der Waals surface area contributed by atoms with Crippen LogP contribution in [0.5, 0.6) is 0 Å². The Bertz CT molecular complexity index is 894. The number of thioether (sulfide) groups is 1. The predicted molar refractivity (Wildman–Crippen MR) is 119 cm³/mol.